The van der Waals surface area contributed by atoms with E-state index in [2.05, 4.69) is 14.8 Å². The number of aromatic nitrogens is 3. The van der Waals surface area contributed by atoms with E-state index in [4.69, 9.17) is 0 Å². The third kappa shape index (κ3) is 3.98. The minimum Gasteiger partial charge on any atom is -0.342 e. The Morgan fingerprint density at radius 1 is 0.917 bits per heavy atom. The number of imide groups is 1. The second-order valence-electron chi connectivity index (χ2n) is 10.2. The van der Waals surface area contributed by atoms with Crippen LogP contribution in [0.3, 0.4) is 0 Å². The number of aryl methyl sites for hydroxylation is 1. The molecular weight excluding hydrogens is 454 g/mol. The lowest BCUT2D eigenvalue weighted by Crippen LogP contribution is -2.42. The summed E-state index contributed by atoms with van der Waals surface area (Å²) in [5.74, 6) is 1.85. The maximum Gasteiger partial charge on any atom is 0.261 e. The Balaban J connectivity index is 1.09. The molecule has 186 valence electrons. The number of rotatable bonds is 5. The van der Waals surface area contributed by atoms with Crippen LogP contribution in [0.25, 0.3) is 10.8 Å². The molecule has 1 atom stereocenters. The van der Waals surface area contributed by atoms with Crippen LogP contribution in [0.15, 0.2) is 36.4 Å². The Labute approximate surface area is 210 Å². The molecule has 2 aromatic carbocycles. The van der Waals surface area contributed by atoms with E-state index < -0.39 is 0 Å². The van der Waals surface area contributed by atoms with E-state index in [9.17, 15) is 14.4 Å². The van der Waals surface area contributed by atoms with Gasteiger partial charge in [0.15, 0.2) is 0 Å². The minimum atomic E-state index is -0.276. The zero-order valence-corrected chi connectivity index (χ0v) is 20.5. The zero-order chi connectivity index (χ0) is 24.6. The maximum absolute atomic E-state index is 13.1. The van der Waals surface area contributed by atoms with Crippen molar-refractivity contribution in [3.8, 4) is 0 Å². The van der Waals surface area contributed by atoms with Gasteiger partial charge in [-0.1, -0.05) is 30.7 Å². The van der Waals surface area contributed by atoms with Gasteiger partial charge in [0.1, 0.15) is 11.6 Å². The van der Waals surface area contributed by atoms with Crippen LogP contribution in [0.4, 0.5) is 0 Å². The van der Waals surface area contributed by atoms with Crippen LogP contribution in [-0.4, -0.2) is 61.9 Å². The molecule has 1 saturated heterocycles. The number of likely N-dealkylation sites (tertiary alicyclic amines) is 1. The van der Waals surface area contributed by atoms with Crippen LogP contribution in [-0.2, 0) is 17.8 Å². The topological polar surface area (TPSA) is 88.4 Å². The number of fused-ring (bicyclic) bond motifs is 1. The first-order valence-corrected chi connectivity index (χ1v) is 13.2. The number of carbonyl (C=O) groups excluding carboxylic acids is 3. The van der Waals surface area contributed by atoms with Gasteiger partial charge in [0.25, 0.3) is 11.8 Å². The molecule has 3 amide bonds. The SMILES string of the molecule is O=C(CCCN1C(=O)c2cccc3cccc(c23)C1=O)N1CCC[C@H](c2nnc3n2CCCCC3)C1. The van der Waals surface area contributed by atoms with Crippen LogP contribution in [0, 0.1) is 0 Å². The predicted molar refractivity (Wildman–Crippen MR) is 135 cm³/mol. The van der Waals surface area contributed by atoms with Crippen molar-refractivity contribution in [2.24, 2.45) is 0 Å². The predicted octanol–water partition coefficient (Wildman–Crippen LogP) is 3.94. The van der Waals surface area contributed by atoms with Crippen molar-refractivity contribution in [1.29, 1.82) is 0 Å². The molecular formula is C28H31N5O3. The summed E-state index contributed by atoms with van der Waals surface area (Å²) in [5, 5.41) is 10.6. The molecule has 0 saturated carbocycles. The molecule has 3 aliphatic rings. The van der Waals surface area contributed by atoms with Gasteiger partial charge in [0.2, 0.25) is 5.91 Å². The van der Waals surface area contributed by atoms with Crippen LogP contribution >= 0.6 is 0 Å². The van der Waals surface area contributed by atoms with Gasteiger partial charge in [-0.2, -0.15) is 0 Å². The van der Waals surface area contributed by atoms with Gasteiger partial charge < -0.3 is 9.47 Å². The lowest BCUT2D eigenvalue weighted by molar-refractivity contribution is -0.132. The summed E-state index contributed by atoms with van der Waals surface area (Å²) < 4.78 is 2.29. The Morgan fingerprint density at radius 3 is 2.47 bits per heavy atom. The first-order chi connectivity index (χ1) is 17.6. The van der Waals surface area contributed by atoms with E-state index >= 15 is 0 Å². The van der Waals surface area contributed by atoms with Crippen LogP contribution < -0.4 is 0 Å². The molecule has 0 N–H and O–H groups in total. The minimum absolute atomic E-state index is 0.0784. The van der Waals surface area contributed by atoms with Gasteiger partial charge in [0, 0.05) is 61.5 Å². The second kappa shape index (κ2) is 9.48. The average Bonchev–Trinajstić information content (AvgIpc) is 3.17. The molecule has 0 radical (unpaired) electrons. The highest BCUT2D eigenvalue weighted by molar-refractivity contribution is 6.25. The van der Waals surface area contributed by atoms with Crippen molar-refractivity contribution in [2.75, 3.05) is 19.6 Å². The van der Waals surface area contributed by atoms with Crippen molar-refractivity contribution in [3.05, 3.63) is 59.2 Å². The molecule has 3 aliphatic heterocycles. The van der Waals surface area contributed by atoms with Crippen molar-refractivity contribution < 1.29 is 14.4 Å². The van der Waals surface area contributed by atoms with Gasteiger partial charge in [0.05, 0.1) is 0 Å². The number of carbonyl (C=O) groups is 3. The molecule has 0 aliphatic carbocycles. The summed E-state index contributed by atoms with van der Waals surface area (Å²) in [7, 11) is 0. The summed E-state index contributed by atoms with van der Waals surface area (Å²) in [5.41, 5.74) is 1.11. The Kier molecular flexibility index (Phi) is 6.03. The Hall–Kier alpha value is -3.55. The van der Waals surface area contributed by atoms with Crippen molar-refractivity contribution in [3.63, 3.8) is 0 Å². The summed E-state index contributed by atoms with van der Waals surface area (Å²) in [6, 6.07) is 11.1. The summed E-state index contributed by atoms with van der Waals surface area (Å²) in [6.45, 7) is 2.61. The fourth-order valence-corrected chi connectivity index (χ4v) is 6.05. The monoisotopic (exact) mass is 485 g/mol. The van der Waals surface area contributed by atoms with E-state index in [-0.39, 0.29) is 30.2 Å². The molecule has 3 aromatic rings. The molecule has 0 bridgehead atoms. The first-order valence-electron chi connectivity index (χ1n) is 13.2. The van der Waals surface area contributed by atoms with Crippen molar-refractivity contribution in [2.45, 2.75) is 63.8 Å². The van der Waals surface area contributed by atoms with Gasteiger partial charge in [-0.3, -0.25) is 19.3 Å². The van der Waals surface area contributed by atoms with E-state index in [1.165, 1.54) is 11.3 Å². The second-order valence-corrected chi connectivity index (χ2v) is 10.2. The van der Waals surface area contributed by atoms with Crippen LogP contribution in [0.2, 0.25) is 0 Å². The maximum atomic E-state index is 13.1. The lowest BCUT2D eigenvalue weighted by Gasteiger charge is -2.33. The normalized spacial score (nSPS) is 19.9. The lowest BCUT2D eigenvalue weighted by atomic mass is 9.94. The molecule has 8 nitrogen and oxygen atoms in total. The number of hydrogen-bond acceptors (Lipinski definition) is 5. The smallest absolute Gasteiger partial charge is 0.261 e. The standard InChI is InChI=1S/C28H31N5O3/c34-24(31-15-6-10-20(18-31)26-30-29-23-13-2-1-3-16-32(23)26)14-7-17-33-27(35)21-11-4-8-19-9-5-12-22(25(19)21)28(33)36/h4-5,8-9,11-12,20H,1-3,6-7,10,13-18H2/t20-/m0/s1. The quantitative estimate of drug-likeness (QED) is 0.511. The zero-order valence-electron chi connectivity index (χ0n) is 20.5. The van der Waals surface area contributed by atoms with Crippen LogP contribution in [0.5, 0.6) is 0 Å². The highest BCUT2D eigenvalue weighted by atomic mass is 16.2. The Morgan fingerprint density at radius 2 is 1.69 bits per heavy atom. The molecule has 1 aromatic heterocycles. The summed E-state index contributed by atoms with van der Waals surface area (Å²) >= 11 is 0. The Bertz CT molecular complexity index is 1300. The molecule has 6 rings (SSSR count). The molecule has 0 unspecified atom stereocenters. The largest absolute Gasteiger partial charge is 0.342 e. The van der Waals surface area contributed by atoms with Gasteiger partial charge in [-0.15, -0.1) is 10.2 Å². The van der Waals surface area contributed by atoms with Crippen LogP contribution in [0.1, 0.15) is 83.2 Å². The number of amides is 3. The van der Waals surface area contributed by atoms with E-state index in [1.54, 1.807) is 12.1 Å². The van der Waals surface area contributed by atoms with Crippen molar-refractivity contribution >= 4 is 28.5 Å². The molecule has 0 spiro atoms. The van der Waals surface area contributed by atoms with E-state index in [1.807, 2.05) is 29.2 Å². The highest BCUT2D eigenvalue weighted by Gasteiger charge is 2.33. The fourth-order valence-electron chi connectivity index (χ4n) is 6.05. The number of piperidine rings is 1. The molecule has 8 heteroatoms. The fraction of sp³-hybridized carbons (Fsp3) is 0.464. The molecule has 1 fully saturated rings. The molecule has 4 heterocycles. The highest BCUT2D eigenvalue weighted by Crippen LogP contribution is 2.31. The van der Waals surface area contributed by atoms with Crippen molar-refractivity contribution in [1.82, 2.24) is 24.6 Å². The summed E-state index contributed by atoms with van der Waals surface area (Å²) in [6.07, 6.45) is 7.25. The third-order valence-corrected chi connectivity index (χ3v) is 7.91. The van der Waals surface area contributed by atoms with Gasteiger partial charge >= 0.3 is 0 Å². The number of nitrogens with zero attached hydrogens (tertiary/aromatic N) is 5. The van der Waals surface area contributed by atoms with Gasteiger partial charge in [-0.25, -0.2) is 0 Å². The average molecular weight is 486 g/mol. The van der Waals surface area contributed by atoms with E-state index in [0.717, 1.165) is 67.6 Å². The molecule has 36 heavy (non-hydrogen) atoms. The third-order valence-electron chi connectivity index (χ3n) is 7.91. The first kappa shape index (κ1) is 22.9. The van der Waals surface area contributed by atoms with Gasteiger partial charge in [-0.05, 0) is 49.6 Å². The van der Waals surface area contributed by atoms with E-state index in [0.29, 0.717) is 30.5 Å². The number of hydrogen-bond donors (Lipinski definition) is 0. The summed E-state index contributed by atoms with van der Waals surface area (Å²) in [4.78, 5) is 42.5. The number of benzene rings is 2.